The van der Waals surface area contributed by atoms with Crippen molar-refractivity contribution in [2.45, 2.75) is 6.42 Å². The average Bonchev–Trinajstić information content (AvgIpc) is 2.97. The summed E-state index contributed by atoms with van der Waals surface area (Å²) >= 11 is 3.16. The van der Waals surface area contributed by atoms with E-state index in [9.17, 15) is 9.59 Å². The molecule has 0 fully saturated rings. The Morgan fingerprint density at radius 2 is 1.96 bits per heavy atom. The molecular formula is C17H16BrNO4. The zero-order valence-corrected chi connectivity index (χ0v) is 13.9. The third-order valence-electron chi connectivity index (χ3n) is 2.90. The van der Waals surface area contributed by atoms with E-state index in [-0.39, 0.29) is 12.5 Å². The molecule has 0 saturated heterocycles. The second kappa shape index (κ2) is 8.95. The highest BCUT2D eigenvalue weighted by molar-refractivity contribution is 9.10. The first-order chi connectivity index (χ1) is 11.1. The van der Waals surface area contributed by atoms with Crippen LogP contribution < -0.4 is 5.32 Å². The van der Waals surface area contributed by atoms with Gasteiger partial charge in [0, 0.05) is 12.6 Å². The van der Waals surface area contributed by atoms with Crippen molar-refractivity contribution in [1.82, 2.24) is 5.32 Å². The largest absolute Gasteiger partial charge is 0.452 e. The summed E-state index contributed by atoms with van der Waals surface area (Å²) in [5, 5.41) is 2.70. The van der Waals surface area contributed by atoms with E-state index in [0.29, 0.717) is 17.0 Å². The molecule has 0 bridgehead atoms. The predicted molar refractivity (Wildman–Crippen MR) is 89.6 cm³/mol. The summed E-state index contributed by atoms with van der Waals surface area (Å²) in [5.74, 6) is -0.416. The molecule has 1 heterocycles. The molecule has 120 valence electrons. The summed E-state index contributed by atoms with van der Waals surface area (Å²) in [7, 11) is 0. The molecule has 0 aliphatic heterocycles. The molecule has 0 atom stereocenters. The molecule has 0 spiro atoms. The van der Waals surface area contributed by atoms with Gasteiger partial charge in [0.15, 0.2) is 11.3 Å². The van der Waals surface area contributed by atoms with E-state index in [1.165, 1.54) is 12.2 Å². The lowest BCUT2D eigenvalue weighted by atomic mass is 10.1. The number of amides is 1. The minimum atomic E-state index is -0.601. The Morgan fingerprint density at radius 1 is 1.17 bits per heavy atom. The molecule has 1 aromatic heterocycles. The number of hydrogen-bond donors (Lipinski definition) is 1. The Bertz CT molecular complexity index is 679. The lowest BCUT2D eigenvalue weighted by Gasteiger charge is -2.05. The summed E-state index contributed by atoms with van der Waals surface area (Å²) in [5.41, 5.74) is 1.14. The fourth-order valence-corrected chi connectivity index (χ4v) is 2.11. The lowest BCUT2D eigenvalue weighted by molar-refractivity contribution is -0.143. The minimum absolute atomic E-state index is 0.306. The van der Waals surface area contributed by atoms with Crippen LogP contribution in [0.15, 0.2) is 57.6 Å². The van der Waals surface area contributed by atoms with Crippen LogP contribution in [0.2, 0.25) is 0 Å². The summed E-state index contributed by atoms with van der Waals surface area (Å²) < 4.78 is 10.6. The van der Waals surface area contributed by atoms with Gasteiger partial charge in [0.1, 0.15) is 5.76 Å². The average molecular weight is 378 g/mol. The van der Waals surface area contributed by atoms with Crippen molar-refractivity contribution >= 4 is 33.9 Å². The first-order valence-electron chi connectivity index (χ1n) is 7.04. The molecule has 0 aliphatic carbocycles. The zero-order chi connectivity index (χ0) is 16.5. The quantitative estimate of drug-likeness (QED) is 0.594. The fourth-order valence-electron chi connectivity index (χ4n) is 1.79. The first-order valence-corrected chi connectivity index (χ1v) is 7.83. The first kappa shape index (κ1) is 17.0. The molecule has 0 aliphatic rings. The summed E-state index contributed by atoms with van der Waals surface area (Å²) in [6, 6.07) is 13.2. The van der Waals surface area contributed by atoms with Gasteiger partial charge in [-0.15, -0.1) is 0 Å². The molecule has 2 aromatic rings. The van der Waals surface area contributed by atoms with Gasteiger partial charge in [0.2, 0.25) is 0 Å². The molecule has 0 unspecified atom stereocenters. The molecule has 1 N–H and O–H groups in total. The van der Waals surface area contributed by atoms with E-state index in [0.717, 1.165) is 12.0 Å². The van der Waals surface area contributed by atoms with Crippen molar-refractivity contribution in [3.8, 4) is 0 Å². The molecule has 2 rings (SSSR count). The number of ether oxygens (including phenoxy) is 1. The van der Waals surface area contributed by atoms with Gasteiger partial charge in [-0.1, -0.05) is 30.3 Å². The van der Waals surface area contributed by atoms with Crippen LogP contribution >= 0.6 is 15.9 Å². The van der Waals surface area contributed by atoms with Crippen LogP contribution in [-0.2, 0) is 20.7 Å². The third kappa shape index (κ3) is 6.52. The Hall–Kier alpha value is -2.34. The van der Waals surface area contributed by atoms with Crippen molar-refractivity contribution < 1.29 is 18.7 Å². The monoisotopic (exact) mass is 377 g/mol. The van der Waals surface area contributed by atoms with Crippen LogP contribution in [0.25, 0.3) is 6.08 Å². The Balaban J connectivity index is 1.63. The summed E-state index contributed by atoms with van der Waals surface area (Å²) in [6.07, 6.45) is 3.41. The third-order valence-corrected chi connectivity index (χ3v) is 3.33. The number of carbonyl (C=O) groups excluding carboxylic acids is 2. The number of hydrogen-bond acceptors (Lipinski definition) is 4. The number of nitrogens with one attached hydrogen (secondary N) is 1. The normalized spacial score (nSPS) is 10.7. The Morgan fingerprint density at radius 3 is 2.65 bits per heavy atom. The lowest BCUT2D eigenvalue weighted by Crippen LogP contribution is -2.30. The van der Waals surface area contributed by atoms with Crippen molar-refractivity contribution in [3.63, 3.8) is 0 Å². The van der Waals surface area contributed by atoms with Gasteiger partial charge in [-0.2, -0.15) is 0 Å². The van der Waals surface area contributed by atoms with Crippen LogP contribution in [0.4, 0.5) is 0 Å². The standard InChI is InChI=1S/C17H16BrNO4/c18-15-8-6-14(23-15)7-9-17(21)22-12-16(20)19-11-10-13-4-2-1-3-5-13/h1-9H,10-12H2,(H,19,20)/b9-7+. The van der Waals surface area contributed by atoms with Crippen molar-refractivity contribution in [2.24, 2.45) is 0 Å². The predicted octanol–water partition coefficient (Wildman–Crippen LogP) is 2.96. The van der Waals surface area contributed by atoms with Gasteiger partial charge in [0.25, 0.3) is 5.91 Å². The van der Waals surface area contributed by atoms with E-state index >= 15 is 0 Å². The second-order valence-electron chi connectivity index (χ2n) is 4.67. The van der Waals surface area contributed by atoms with Crippen molar-refractivity contribution in [2.75, 3.05) is 13.2 Å². The van der Waals surface area contributed by atoms with Crippen molar-refractivity contribution in [3.05, 3.63) is 64.5 Å². The Kier molecular flexibility index (Phi) is 6.62. The maximum atomic E-state index is 11.6. The minimum Gasteiger partial charge on any atom is -0.452 e. The molecule has 1 aromatic carbocycles. The molecular weight excluding hydrogens is 362 g/mol. The van der Waals surface area contributed by atoms with E-state index in [1.54, 1.807) is 12.1 Å². The fraction of sp³-hybridized carbons (Fsp3) is 0.176. The molecule has 0 saturated carbocycles. The number of halogens is 1. The van der Waals surface area contributed by atoms with Gasteiger partial charge in [-0.3, -0.25) is 4.79 Å². The van der Waals surface area contributed by atoms with E-state index in [1.807, 2.05) is 30.3 Å². The van der Waals surface area contributed by atoms with E-state index in [4.69, 9.17) is 9.15 Å². The maximum absolute atomic E-state index is 11.6. The molecule has 1 amide bonds. The van der Waals surface area contributed by atoms with Crippen molar-refractivity contribution in [1.29, 1.82) is 0 Å². The van der Waals surface area contributed by atoms with Crippen LogP contribution in [0.3, 0.4) is 0 Å². The highest BCUT2D eigenvalue weighted by Gasteiger charge is 2.05. The molecule has 6 heteroatoms. The Labute approximate surface area is 142 Å². The van der Waals surface area contributed by atoms with Gasteiger partial charge in [-0.05, 0) is 46.1 Å². The van der Waals surface area contributed by atoms with Crippen LogP contribution in [-0.4, -0.2) is 25.0 Å². The zero-order valence-electron chi connectivity index (χ0n) is 12.3. The topological polar surface area (TPSA) is 68.5 Å². The van der Waals surface area contributed by atoms with Crippen LogP contribution in [0.1, 0.15) is 11.3 Å². The van der Waals surface area contributed by atoms with Gasteiger partial charge < -0.3 is 14.5 Å². The van der Waals surface area contributed by atoms with Gasteiger partial charge in [0.05, 0.1) is 0 Å². The van der Waals surface area contributed by atoms with Crippen LogP contribution in [0, 0.1) is 0 Å². The summed E-state index contributed by atoms with van der Waals surface area (Å²) in [6.45, 7) is 0.191. The van der Waals surface area contributed by atoms with Gasteiger partial charge >= 0.3 is 5.97 Å². The molecule has 23 heavy (non-hydrogen) atoms. The number of carbonyl (C=O) groups is 2. The highest BCUT2D eigenvalue weighted by atomic mass is 79.9. The maximum Gasteiger partial charge on any atom is 0.331 e. The number of furan rings is 1. The SMILES string of the molecule is O=C(COC(=O)/C=C/c1ccc(Br)o1)NCCc1ccccc1. The molecule has 5 nitrogen and oxygen atoms in total. The highest BCUT2D eigenvalue weighted by Crippen LogP contribution is 2.14. The number of rotatable bonds is 7. The van der Waals surface area contributed by atoms with E-state index in [2.05, 4.69) is 21.2 Å². The second-order valence-corrected chi connectivity index (χ2v) is 5.45. The van der Waals surface area contributed by atoms with Gasteiger partial charge in [-0.25, -0.2) is 4.79 Å². The smallest absolute Gasteiger partial charge is 0.331 e. The van der Waals surface area contributed by atoms with Crippen LogP contribution in [0.5, 0.6) is 0 Å². The summed E-state index contributed by atoms with van der Waals surface area (Å²) in [4.78, 5) is 23.1. The number of benzene rings is 1. The number of esters is 1. The molecule has 0 radical (unpaired) electrons. The van der Waals surface area contributed by atoms with E-state index < -0.39 is 5.97 Å².